The molecule has 1 atom stereocenters. The predicted molar refractivity (Wildman–Crippen MR) is 118 cm³/mol. The van der Waals surface area contributed by atoms with Crippen LogP contribution >= 0.6 is 11.8 Å². The average molecular weight is 403 g/mol. The van der Waals surface area contributed by atoms with Crippen LogP contribution in [0.3, 0.4) is 0 Å². The summed E-state index contributed by atoms with van der Waals surface area (Å²) in [4.78, 5) is 26.8. The van der Waals surface area contributed by atoms with Gasteiger partial charge in [0.05, 0.1) is 5.75 Å². The summed E-state index contributed by atoms with van der Waals surface area (Å²) in [5.74, 6) is 0.524. The second-order valence-electron chi connectivity index (χ2n) is 6.93. The molecule has 1 fully saturated rings. The van der Waals surface area contributed by atoms with Gasteiger partial charge in [-0.25, -0.2) is 0 Å². The van der Waals surface area contributed by atoms with E-state index in [4.69, 9.17) is 0 Å². The van der Waals surface area contributed by atoms with E-state index in [0.717, 1.165) is 17.7 Å². The molecule has 0 spiro atoms. The molecule has 146 valence electrons. The summed E-state index contributed by atoms with van der Waals surface area (Å²) < 4.78 is 0. The van der Waals surface area contributed by atoms with Gasteiger partial charge in [-0.1, -0.05) is 60.7 Å². The molecule has 1 heterocycles. The lowest BCUT2D eigenvalue weighted by atomic mass is 10.1. The first-order valence-corrected chi connectivity index (χ1v) is 10.7. The van der Waals surface area contributed by atoms with Crippen LogP contribution in [0.4, 0.5) is 5.69 Å². The van der Waals surface area contributed by atoms with E-state index >= 15 is 0 Å². The first-order chi connectivity index (χ1) is 14.2. The zero-order chi connectivity index (χ0) is 20.1. The molecule has 0 saturated carbocycles. The van der Waals surface area contributed by atoms with Crippen LogP contribution in [0.15, 0.2) is 84.9 Å². The van der Waals surface area contributed by atoms with Crippen molar-refractivity contribution in [2.75, 3.05) is 17.6 Å². The van der Waals surface area contributed by atoms with Crippen molar-refractivity contribution in [3.05, 3.63) is 102 Å². The number of hydrogen-bond donors (Lipinski definition) is 1. The van der Waals surface area contributed by atoms with E-state index in [1.807, 2.05) is 77.7 Å². The van der Waals surface area contributed by atoms with E-state index < -0.39 is 0 Å². The smallest absolute Gasteiger partial charge is 0.255 e. The molecule has 0 bridgehead atoms. The fourth-order valence-corrected chi connectivity index (χ4v) is 4.61. The van der Waals surface area contributed by atoms with Crippen LogP contribution in [0.25, 0.3) is 0 Å². The number of nitrogens with zero attached hydrogens (tertiary/aromatic N) is 1. The lowest BCUT2D eigenvalue weighted by molar-refractivity contribution is -0.128. The van der Waals surface area contributed by atoms with E-state index in [0.29, 0.717) is 17.9 Å². The van der Waals surface area contributed by atoms with Crippen molar-refractivity contribution >= 4 is 29.3 Å². The minimum Gasteiger partial charge on any atom is -0.326 e. The topological polar surface area (TPSA) is 49.4 Å². The number of anilines is 1. The Balaban J connectivity index is 1.43. The maximum absolute atomic E-state index is 12.4. The second kappa shape index (κ2) is 8.97. The first kappa shape index (κ1) is 19.3. The van der Waals surface area contributed by atoms with Gasteiger partial charge in [0.1, 0.15) is 5.37 Å². The number of thioether (sulfide) groups is 1. The van der Waals surface area contributed by atoms with E-state index in [9.17, 15) is 9.59 Å². The number of hydrogen-bond acceptors (Lipinski definition) is 3. The van der Waals surface area contributed by atoms with Crippen LogP contribution in [0.5, 0.6) is 0 Å². The molecule has 1 aliphatic rings. The normalized spacial score (nSPS) is 16.1. The van der Waals surface area contributed by atoms with Gasteiger partial charge in [-0.05, 0) is 41.8 Å². The van der Waals surface area contributed by atoms with Crippen molar-refractivity contribution < 1.29 is 9.59 Å². The van der Waals surface area contributed by atoms with Crippen LogP contribution in [-0.4, -0.2) is 29.0 Å². The molecule has 0 unspecified atom stereocenters. The van der Waals surface area contributed by atoms with Crippen LogP contribution in [0.2, 0.25) is 0 Å². The highest BCUT2D eigenvalue weighted by Gasteiger charge is 2.32. The summed E-state index contributed by atoms with van der Waals surface area (Å²) in [5.41, 5.74) is 3.64. The number of benzene rings is 3. The van der Waals surface area contributed by atoms with E-state index in [2.05, 4.69) is 17.4 Å². The van der Waals surface area contributed by atoms with Crippen molar-refractivity contribution in [1.29, 1.82) is 0 Å². The summed E-state index contributed by atoms with van der Waals surface area (Å²) in [6.45, 7) is 0.691. The zero-order valence-electron chi connectivity index (χ0n) is 16.0. The largest absolute Gasteiger partial charge is 0.326 e. The summed E-state index contributed by atoms with van der Waals surface area (Å²) in [6.07, 6.45) is 0.835. The summed E-state index contributed by atoms with van der Waals surface area (Å²) in [6, 6.07) is 27.2. The fourth-order valence-electron chi connectivity index (χ4n) is 3.39. The third-order valence-corrected chi connectivity index (χ3v) is 6.20. The standard InChI is InChI=1S/C24H22N2O2S/c27-22-17-29-24(26(22)16-15-18-7-3-1-4-8-18)20-13-11-19(12-14-20)23(28)25-21-9-5-2-6-10-21/h1-14,24H,15-17H2,(H,25,28)/t24-/m0/s1. The van der Waals surface area contributed by atoms with Gasteiger partial charge < -0.3 is 10.2 Å². The summed E-state index contributed by atoms with van der Waals surface area (Å²) >= 11 is 1.64. The van der Waals surface area contributed by atoms with Gasteiger partial charge in [-0.2, -0.15) is 0 Å². The molecule has 4 rings (SSSR count). The number of amides is 2. The predicted octanol–water partition coefficient (Wildman–Crippen LogP) is 4.76. The van der Waals surface area contributed by atoms with Crippen molar-refractivity contribution in [1.82, 2.24) is 4.90 Å². The van der Waals surface area contributed by atoms with Gasteiger partial charge in [0.15, 0.2) is 0 Å². The maximum Gasteiger partial charge on any atom is 0.255 e. The second-order valence-corrected chi connectivity index (χ2v) is 8.00. The van der Waals surface area contributed by atoms with Crippen molar-refractivity contribution in [2.24, 2.45) is 0 Å². The van der Waals surface area contributed by atoms with Gasteiger partial charge in [-0.15, -0.1) is 11.8 Å². The zero-order valence-corrected chi connectivity index (χ0v) is 16.8. The lowest BCUT2D eigenvalue weighted by Crippen LogP contribution is -2.30. The molecule has 2 amide bonds. The Labute approximate surface area is 174 Å². The van der Waals surface area contributed by atoms with Crippen LogP contribution in [0, 0.1) is 0 Å². The average Bonchev–Trinajstić information content (AvgIpc) is 3.14. The highest BCUT2D eigenvalue weighted by molar-refractivity contribution is 8.00. The number of rotatable bonds is 6. The molecule has 1 saturated heterocycles. The van der Waals surface area contributed by atoms with E-state index in [-0.39, 0.29) is 17.2 Å². The number of carbonyl (C=O) groups excluding carboxylic acids is 2. The quantitative estimate of drug-likeness (QED) is 0.647. The summed E-state index contributed by atoms with van der Waals surface area (Å²) in [5, 5.41) is 2.89. The number of para-hydroxylation sites is 1. The molecule has 3 aromatic rings. The Morgan fingerprint density at radius 1 is 0.931 bits per heavy atom. The number of nitrogens with one attached hydrogen (secondary N) is 1. The van der Waals surface area contributed by atoms with E-state index in [1.165, 1.54) is 5.56 Å². The molecular weight excluding hydrogens is 380 g/mol. The van der Waals surface area contributed by atoms with Crippen LogP contribution in [-0.2, 0) is 11.2 Å². The Morgan fingerprint density at radius 2 is 1.59 bits per heavy atom. The molecule has 5 heteroatoms. The highest BCUT2D eigenvalue weighted by atomic mass is 32.2. The van der Waals surface area contributed by atoms with Gasteiger partial charge in [0.2, 0.25) is 5.91 Å². The fraction of sp³-hybridized carbons (Fsp3) is 0.167. The van der Waals surface area contributed by atoms with E-state index in [1.54, 1.807) is 11.8 Å². The Bertz CT molecular complexity index is 975. The van der Waals surface area contributed by atoms with Crippen molar-refractivity contribution in [2.45, 2.75) is 11.8 Å². The molecule has 0 radical (unpaired) electrons. The highest BCUT2D eigenvalue weighted by Crippen LogP contribution is 2.38. The Morgan fingerprint density at radius 3 is 2.28 bits per heavy atom. The number of carbonyl (C=O) groups is 2. The van der Waals surface area contributed by atoms with Gasteiger partial charge >= 0.3 is 0 Å². The van der Waals surface area contributed by atoms with Crippen molar-refractivity contribution in [3.8, 4) is 0 Å². The SMILES string of the molecule is O=C(Nc1ccccc1)c1ccc([C@@H]2SCC(=O)N2CCc2ccccc2)cc1. The summed E-state index contributed by atoms with van der Waals surface area (Å²) in [7, 11) is 0. The Hall–Kier alpha value is -3.05. The molecule has 3 aromatic carbocycles. The molecule has 0 aromatic heterocycles. The third-order valence-electron chi connectivity index (χ3n) is 4.94. The molecule has 4 nitrogen and oxygen atoms in total. The minimum absolute atomic E-state index is 0.00236. The minimum atomic E-state index is -0.140. The van der Waals surface area contributed by atoms with Gasteiger partial charge in [0.25, 0.3) is 5.91 Å². The molecule has 0 aliphatic carbocycles. The molecule has 29 heavy (non-hydrogen) atoms. The molecule has 1 aliphatic heterocycles. The van der Waals surface area contributed by atoms with Gasteiger partial charge in [0, 0.05) is 17.8 Å². The third kappa shape index (κ3) is 4.69. The maximum atomic E-state index is 12.4. The molecule has 1 N–H and O–H groups in total. The van der Waals surface area contributed by atoms with Crippen LogP contribution in [0.1, 0.15) is 26.9 Å². The monoisotopic (exact) mass is 402 g/mol. The Kier molecular flexibility index (Phi) is 5.96. The van der Waals surface area contributed by atoms with Crippen LogP contribution < -0.4 is 5.32 Å². The molecular formula is C24H22N2O2S. The van der Waals surface area contributed by atoms with Gasteiger partial charge in [-0.3, -0.25) is 9.59 Å². The lowest BCUT2D eigenvalue weighted by Gasteiger charge is -2.24. The first-order valence-electron chi connectivity index (χ1n) is 9.62. The van der Waals surface area contributed by atoms with Crippen molar-refractivity contribution in [3.63, 3.8) is 0 Å².